The summed E-state index contributed by atoms with van der Waals surface area (Å²) in [5, 5.41) is 3.24. The van der Waals surface area contributed by atoms with Gasteiger partial charge < -0.3 is 10.2 Å². The molecule has 136 valence electrons. The molecule has 3 rings (SSSR count). The number of pyridine rings is 2. The van der Waals surface area contributed by atoms with Crippen molar-refractivity contribution in [3.8, 4) is 0 Å². The first-order valence-corrected chi connectivity index (χ1v) is 8.76. The predicted molar refractivity (Wildman–Crippen MR) is 99.2 cm³/mol. The summed E-state index contributed by atoms with van der Waals surface area (Å²) >= 11 is 6.33. The van der Waals surface area contributed by atoms with Gasteiger partial charge in [-0.3, -0.25) is 14.7 Å². The molecule has 3 heterocycles. The quantitative estimate of drug-likeness (QED) is 0.874. The van der Waals surface area contributed by atoms with Crippen LogP contribution >= 0.6 is 11.6 Å². The van der Waals surface area contributed by atoms with Gasteiger partial charge in [0.2, 0.25) is 0 Å². The van der Waals surface area contributed by atoms with Gasteiger partial charge in [-0.1, -0.05) is 11.6 Å². The second kappa shape index (κ2) is 7.70. The van der Waals surface area contributed by atoms with E-state index in [1.54, 1.807) is 40.4 Å². The maximum Gasteiger partial charge on any atom is 0.326 e. The van der Waals surface area contributed by atoms with Crippen molar-refractivity contribution in [2.75, 3.05) is 18.0 Å². The highest BCUT2D eigenvalue weighted by Gasteiger charge is 2.32. The van der Waals surface area contributed by atoms with Crippen molar-refractivity contribution in [3.63, 3.8) is 0 Å². The van der Waals surface area contributed by atoms with Gasteiger partial charge in [-0.2, -0.15) is 0 Å². The Bertz CT molecular complexity index is 812. The number of aromatic nitrogens is 2. The van der Waals surface area contributed by atoms with Gasteiger partial charge in [0.15, 0.2) is 0 Å². The number of carbonyl (C=O) groups excluding carboxylic acids is 2. The van der Waals surface area contributed by atoms with Gasteiger partial charge in [-0.05, 0) is 26.0 Å². The van der Waals surface area contributed by atoms with Crippen molar-refractivity contribution in [3.05, 3.63) is 52.9 Å². The molecule has 0 aromatic carbocycles. The summed E-state index contributed by atoms with van der Waals surface area (Å²) in [4.78, 5) is 36.2. The Balaban J connectivity index is 1.67. The molecule has 0 aliphatic carbocycles. The maximum atomic E-state index is 12.4. The van der Waals surface area contributed by atoms with E-state index in [9.17, 15) is 9.59 Å². The van der Waals surface area contributed by atoms with Gasteiger partial charge in [0.25, 0.3) is 5.91 Å². The summed E-state index contributed by atoms with van der Waals surface area (Å²) in [5.74, 6) is 0.283. The molecule has 1 aliphatic rings. The molecule has 0 atom stereocenters. The summed E-state index contributed by atoms with van der Waals surface area (Å²) in [6.07, 6.45) is 4.70. The molecule has 8 heteroatoms. The standard InChI is InChI=1S/C18H20ClN5O2/c1-12(2)23-6-7-24(18(23)26)16-8-15(19)14(10-21-16)11-22-17(25)13-4-3-5-20-9-13/h3-5,8-10,12H,6-7,11H2,1-2H3,(H,22,25). The van der Waals surface area contributed by atoms with E-state index < -0.39 is 0 Å². The fourth-order valence-electron chi connectivity index (χ4n) is 2.75. The van der Waals surface area contributed by atoms with E-state index in [1.807, 2.05) is 13.8 Å². The fraction of sp³-hybridized carbons (Fsp3) is 0.333. The van der Waals surface area contributed by atoms with Crippen molar-refractivity contribution in [2.24, 2.45) is 0 Å². The van der Waals surface area contributed by atoms with Crippen LogP contribution in [0.25, 0.3) is 0 Å². The molecule has 3 amide bonds. The number of rotatable bonds is 5. The zero-order valence-corrected chi connectivity index (χ0v) is 15.4. The van der Waals surface area contributed by atoms with Crippen LogP contribution in [0.1, 0.15) is 29.8 Å². The number of anilines is 1. The third-order valence-corrected chi connectivity index (χ3v) is 4.57. The zero-order chi connectivity index (χ0) is 18.7. The Morgan fingerprint density at radius 1 is 1.35 bits per heavy atom. The van der Waals surface area contributed by atoms with Crippen LogP contribution in [0.15, 0.2) is 36.8 Å². The average molecular weight is 374 g/mol. The number of nitrogens with zero attached hydrogens (tertiary/aromatic N) is 4. The van der Waals surface area contributed by atoms with E-state index in [2.05, 4.69) is 15.3 Å². The second-order valence-electron chi connectivity index (χ2n) is 6.28. The van der Waals surface area contributed by atoms with Gasteiger partial charge >= 0.3 is 6.03 Å². The van der Waals surface area contributed by atoms with Crippen LogP contribution in [0.3, 0.4) is 0 Å². The van der Waals surface area contributed by atoms with Crippen LogP contribution in [0.2, 0.25) is 5.02 Å². The number of urea groups is 1. The molecule has 1 fully saturated rings. The molecule has 1 saturated heterocycles. The zero-order valence-electron chi connectivity index (χ0n) is 14.6. The Labute approximate surface area is 157 Å². The first-order chi connectivity index (χ1) is 12.5. The lowest BCUT2D eigenvalue weighted by molar-refractivity contribution is 0.0950. The minimum absolute atomic E-state index is 0.0683. The second-order valence-corrected chi connectivity index (χ2v) is 6.69. The Morgan fingerprint density at radius 2 is 2.15 bits per heavy atom. The highest BCUT2D eigenvalue weighted by Crippen LogP contribution is 2.24. The lowest BCUT2D eigenvalue weighted by Crippen LogP contribution is -2.36. The number of hydrogen-bond donors (Lipinski definition) is 1. The van der Waals surface area contributed by atoms with Gasteiger partial charge in [0.05, 0.1) is 10.6 Å². The highest BCUT2D eigenvalue weighted by molar-refractivity contribution is 6.31. The summed E-state index contributed by atoms with van der Waals surface area (Å²) < 4.78 is 0. The molecule has 0 spiro atoms. The van der Waals surface area contributed by atoms with E-state index in [-0.39, 0.29) is 24.5 Å². The van der Waals surface area contributed by atoms with Gasteiger partial charge in [0.1, 0.15) is 5.82 Å². The van der Waals surface area contributed by atoms with Crippen LogP contribution in [0, 0.1) is 0 Å². The van der Waals surface area contributed by atoms with Crippen LogP contribution in [-0.4, -0.2) is 45.9 Å². The van der Waals surface area contributed by atoms with E-state index in [0.29, 0.717) is 35.1 Å². The van der Waals surface area contributed by atoms with Gasteiger partial charge in [-0.15, -0.1) is 0 Å². The molecular formula is C18H20ClN5O2. The molecule has 2 aromatic heterocycles. The first-order valence-electron chi connectivity index (χ1n) is 8.38. The Hall–Kier alpha value is -2.67. The van der Waals surface area contributed by atoms with Crippen LogP contribution in [0.5, 0.6) is 0 Å². The molecule has 26 heavy (non-hydrogen) atoms. The molecule has 1 aliphatic heterocycles. The summed E-state index contributed by atoms with van der Waals surface area (Å²) in [5.41, 5.74) is 1.16. The van der Waals surface area contributed by atoms with Crippen molar-refractivity contribution >= 4 is 29.4 Å². The van der Waals surface area contributed by atoms with E-state index >= 15 is 0 Å². The van der Waals surface area contributed by atoms with Crippen molar-refractivity contribution in [2.45, 2.75) is 26.4 Å². The molecule has 0 unspecified atom stereocenters. The Kier molecular flexibility index (Phi) is 5.37. The maximum absolute atomic E-state index is 12.4. The van der Waals surface area contributed by atoms with Crippen molar-refractivity contribution in [1.29, 1.82) is 0 Å². The predicted octanol–water partition coefficient (Wildman–Crippen LogP) is 2.71. The molecular weight excluding hydrogens is 354 g/mol. The SMILES string of the molecule is CC(C)N1CCN(c2cc(Cl)c(CNC(=O)c3cccnc3)cn2)C1=O. The van der Waals surface area contributed by atoms with E-state index in [0.717, 1.165) is 0 Å². The molecule has 1 N–H and O–H groups in total. The van der Waals surface area contributed by atoms with Gasteiger partial charge in [0, 0.05) is 55.9 Å². The number of amides is 3. The monoisotopic (exact) mass is 373 g/mol. The molecule has 0 saturated carbocycles. The lowest BCUT2D eigenvalue weighted by atomic mass is 10.2. The summed E-state index contributed by atoms with van der Waals surface area (Å²) in [6, 6.07) is 5.12. The Morgan fingerprint density at radius 3 is 2.77 bits per heavy atom. The average Bonchev–Trinajstić information content (AvgIpc) is 3.03. The third kappa shape index (κ3) is 3.77. The molecule has 2 aromatic rings. The minimum atomic E-state index is -0.236. The normalized spacial score (nSPS) is 14.2. The highest BCUT2D eigenvalue weighted by atomic mass is 35.5. The largest absolute Gasteiger partial charge is 0.348 e. The van der Waals surface area contributed by atoms with Crippen molar-refractivity contribution in [1.82, 2.24) is 20.2 Å². The lowest BCUT2D eigenvalue weighted by Gasteiger charge is -2.21. The summed E-state index contributed by atoms with van der Waals surface area (Å²) in [7, 11) is 0. The van der Waals surface area contributed by atoms with E-state index in [4.69, 9.17) is 11.6 Å². The number of nitrogens with one attached hydrogen (secondary N) is 1. The summed E-state index contributed by atoms with van der Waals surface area (Å²) in [6.45, 7) is 5.45. The topological polar surface area (TPSA) is 78.4 Å². The number of hydrogen-bond acceptors (Lipinski definition) is 4. The smallest absolute Gasteiger partial charge is 0.326 e. The first kappa shape index (κ1) is 18.1. The minimum Gasteiger partial charge on any atom is -0.348 e. The third-order valence-electron chi connectivity index (χ3n) is 4.22. The molecule has 0 bridgehead atoms. The van der Waals surface area contributed by atoms with Gasteiger partial charge in [-0.25, -0.2) is 9.78 Å². The molecule has 0 radical (unpaired) electrons. The van der Waals surface area contributed by atoms with Crippen LogP contribution < -0.4 is 10.2 Å². The molecule has 7 nitrogen and oxygen atoms in total. The number of carbonyl (C=O) groups is 2. The van der Waals surface area contributed by atoms with Crippen LogP contribution in [0.4, 0.5) is 10.6 Å². The van der Waals surface area contributed by atoms with E-state index in [1.165, 1.54) is 6.20 Å². The fourth-order valence-corrected chi connectivity index (χ4v) is 2.96. The van der Waals surface area contributed by atoms with Crippen LogP contribution in [-0.2, 0) is 6.54 Å². The number of halogens is 1. The van der Waals surface area contributed by atoms with Crippen molar-refractivity contribution < 1.29 is 9.59 Å².